The first-order valence-corrected chi connectivity index (χ1v) is 20.3. The molecule has 0 aromatic carbocycles. The highest BCUT2D eigenvalue weighted by molar-refractivity contribution is 7.47. The molecule has 0 aliphatic carbocycles. The Bertz CT molecular complexity index is 1090. The van der Waals surface area contributed by atoms with Crippen molar-refractivity contribution in [2.75, 3.05) is 20.3 Å². The fourth-order valence-electron chi connectivity index (χ4n) is 4.47. The molecular weight excluding hydrogens is 651 g/mol. The highest BCUT2D eigenvalue weighted by Gasteiger charge is 2.24. The van der Waals surface area contributed by atoms with E-state index in [1.54, 1.807) is 0 Å². The lowest BCUT2D eigenvalue weighted by molar-refractivity contribution is -0.161. The van der Waals surface area contributed by atoms with Crippen LogP contribution in [0.25, 0.3) is 0 Å². The van der Waals surface area contributed by atoms with Crippen molar-refractivity contribution in [3.05, 3.63) is 85.1 Å². The van der Waals surface area contributed by atoms with Crippen LogP contribution in [0, 0.1) is 0 Å². The average molecular weight is 719 g/mol. The second-order valence-electron chi connectivity index (χ2n) is 12.0. The summed E-state index contributed by atoms with van der Waals surface area (Å²) in [5.41, 5.74) is 0. The number of rotatable bonds is 33. The van der Waals surface area contributed by atoms with Crippen molar-refractivity contribution in [2.45, 2.75) is 142 Å². The molecule has 0 aliphatic heterocycles. The number of phosphoric acid groups is 1. The van der Waals surface area contributed by atoms with Crippen LogP contribution in [0.2, 0.25) is 0 Å². The number of phosphoric ester groups is 1. The number of hydrogen-bond donors (Lipinski definition) is 1. The van der Waals surface area contributed by atoms with Gasteiger partial charge in [-0.05, 0) is 77.0 Å². The van der Waals surface area contributed by atoms with E-state index in [-0.39, 0.29) is 19.4 Å². The molecule has 0 amide bonds. The van der Waals surface area contributed by atoms with Gasteiger partial charge >= 0.3 is 19.8 Å². The smallest absolute Gasteiger partial charge is 0.462 e. The lowest BCUT2D eigenvalue weighted by Crippen LogP contribution is -2.29. The molecule has 2 unspecified atom stereocenters. The molecule has 8 nitrogen and oxygen atoms in total. The van der Waals surface area contributed by atoms with Crippen molar-refractivity contribution in [1.29, 1.82) is 0 Å². The number of unbranched alkanes of at least 4 members (excludes halogenated alkanes) is 8. The Labute approximate surface area is 304 Å². The molecule has 0 saturated carbocycles. The van der Waals surface area contributed by atoms with Crippen molar-refractivity contribution >= 4 is 19.8 Å². The second kappa shape index (κ2) is 36.0. The van der Waals surface area contributed by atoms with Gasteiger partial charge in [-0.1, -0.05) is 131 Å². The summed E-state index contributed by atoms with van der Waals surface area (Å²) in [5, 5.41) is 0. The third-order valence-corrected chi connectivity index (χ3v) is 8.31. The molecule has 0 saturated heterocycles. The Kier molecular flexibility index (Phi) is 34.0. The first-order valence-electron chi connectivity index (χ1n) is 18.8. The Morgan fingerprint density at radius 2 is 1.04 bits per heavy atom. The summed E-state index contributed by atoms with van der Waals surface area (Å²) in [6, 6.07) is 0. The SMILES string of the molecule is CC/C=C\C/C=C\C/C=C\C/C=C\C/C=C\CCCC(=O)OC(COC(=O)CCCCCCC/C=C\C/C=C\CCCC)COP(=O)(O)OC. The molecule has 0 bridgehead atoms. The minimum Gasteiger partial charge on any atom is -0.462 e. The van der Waals surface area contributed by atoms with Gasteiger partial charge in [-0.25, -0.2) is 4.57 Å². The van der Waals surface area contributed by atoms with Gasteiger partial charge in [-0.3, -0.25) is 18.6 Å². The summed E-state index contributed by atoms with van der Waals surface area (Å²) < 4.78 is 31.8. The summed E-state index contributed by atoms with van der Waals surface area (Å²) in [6.07, 6.45) is 46.4. The van der Waals surface area contributed by atoms with Gasteiger partial charge in [0.1, 0.15) is 6.61 Å². The quantitative estimate of drug-likeness (QED) is 0.0309. The number of hydrogen-bond acceptors (Lipinski definition) is 7. The molecule has 0 heterocycles. The van der Waals surface area contributed by atoms with Crippen molar-refractivity contribution in [2.24, 2.45) is 0 Å². The van der Waals surface area contributed by atoms with Crippen LogP contribution in [-0.2, 0) is 32.7 Å². The van der Waals surface area contributed by atoms with E-state index in [0.29, 0.717) is 19.3 Å². The molecule has 284 valence electrons. The molecule has 2 atom stereocenters. The lowest BCUT2D eigenvalue weighted by Gasteiger charge is -2.19. The third-order valence-electron chi connectivity index (χ3n) is 7.37. The molecule has 0 aliphatic rings. The second-order valence-corrected chi connectivity index (χ2v) is 13.5. The number of allylic oxidation sites excluding steroid dienone is 14. The number of ether oxygens (including phenoxy) is 2. The number of carbonyl (C=O) groups is 2. The maximum atomic E-state index is 12.4. The molecule has 50 heavy (non-hydrogen) atoms. The number of esters is 2. The van der Waals surface area contributed by atoms with Gasteiger partial charge < -0.3 is 14.4 Å². The molecule has 0 radical (unpaired) electrons. The maximum Gasteiger partial charge on any atom is 0.472 e. The lowest BCUT2D eigenvalue weighted by atomic mass is 10.1. The maximum absolute atomic E-state index is 12.4. The standard InChI is InChI=1S/C41H67O8P/c1-4-6-8-10-12-14-16-18-20-21-22-24-26-28-30-32-34-36-41(43)49-39(38-48-50(44,45)46-3)37-47-40(42)35-33-31-29-27-25-23-19-17-15-13-11-9-7-5-2/h6,8,11-14,17-20,22,24,28,30,39H,4-5,7,9-10,15-16,21,23,25-27,29,31-38H2,1-3H3,(H,44,45)/b8-6-,13-11-,14-12-,19-17-,20-18-,24-22-,30-28-. The van der Waals surface area contributed by atoms with Gasteiger partial charge in [-0.2, -0.15) is 0 Å². The Morgan fingerprint density at radius 3 is 1.58 bits per heavy atom. The molecule has 1 N–H and O–H groups in total. The van der Waals surface area contributed by atoms with E-state index in [2.05, 4.69) is 97.4 Å². The fourth-order valence-corrected chi connectivity index (χ4v) is 4.93. The van der Waals surface area contributed by atoms with Crippen molar-refractivity contribution in [1.82, 2.24) is 0 Å². The summed E-state index contributed by atoms with van der Waals surface area (Å²) >= 11 is 0. The first kappa shape index (κ1) is 47.2. The highest BCUT2D eigenvalue weighted by atomic mass is 31.2. The van der Waals surface area contributed by atoms with Crippen LogP contribution in [0.5, 0.6) is 0 Å². The van der Waals surface area contributed by atoms with Crippen LogP contribution < -0.4 is 0 Å². The minimum absolute atomic E-state index is 0.158. The predicted molar refractivity (Wildman–Crippen MR) is 207 cm³/mol. The van der Waals surface area contributed by atoms with Crippen LogP contribution >= 0.6 is 7.82 Å². The van der Waals surface area contributed by atoms with Crippen LogP contribution in [0.4, 0.5) is 0 Å². The molecule has 0 spiro atoms. The molecule has 9 heteroatoms. The number of carbonyl (C=O) groups excluding carboxylic acids is 2. The Balaban J connectivity index is 4.22. The van der Waals surface area contributed by atoms with Crippen molar-refractivity contribution in [3.8, 4) is 0 Å². The van der Waals surface area contributed by atoms with E-state index in [9.17, 15) is 19.0 Å². The van der Waals surface area contributed by atoms with Gasteiger partial charge in [0.05, 0.1) is 6.61 Å². The summed E-state index contributed by atoms with van der Waals surface area (Å²) in [6.45, 7) is 3.64. The zero-order valence-corrected chi connectivity index (χ0v) is 32.2. The highest BCUT2D eigenvalue weighted by Crippen LogP contribution is 2.42. The van der Waals surface area contributed by atoms with E-state index in [1.807, 2.05) is 6.08 Å². The summed E-state index contributed by atoms with van der Waals surface area (Å²) in [5.74, 6) is -0.899. The molecule has 0 aromatic heterocycles. The largest absolute Gasteiger partial charge is 0.472 e. The topological polar surface area (TPSA) is 108 Å². The summed E-state index contributed by atoms with van der Waals surface area (Å²) in [7, 11) is -3.24. The van der Waals surface area contributed by atoms with Gasteiger partial charge in [-0.15, -0.1) is 0 Å². The zero-order valence-electron chi connectivity index (χ0n) is 31.3. The van der Waals surface area contributed by atoms with Gasteiger partial charge in [0.2, 0.25) is 0 Å². The predicted octanol–water partition coefficient (Wildman–Crippen LogP) is 11.5. The summed E-state index contributed by atoms with van der Waals surface area (Å²) in [4.78, 5) is 34.3. The average Bonchev–Trinajstić information content (AvgIpc) is 3.10. The zero-order chi connectivity index (χ0) is 36.8. The monoisotopic (exact) mass is 718 g/mol. The van der Waals surface area contributed by atoms with Crippen LogP contribution in [0.1, 0.15) is 136 Å². The van der Waals surface area contributed by atoms with E-state index in [0.717, 1.165) is 84.2 Å². The van der Waals surface area contributed by atoms with Gasteiger partial charge in [0.25, 0.3) is 0 Å². The van der Waals surface area contributed by atoms with E-state index in [4.69, 9.17) is 14.0 Å². The molecule has 0 rings (SSSR count). The molecule has 0 fully saturated rings. The molecular formula is C41H67O8P. The van der Waals surface area contributed by atoms with Crippen LogP contribution in [0.3, 0.4) is 0 Å². The normalized spacial score (nSPS) is 14.4. The fraction of sp³-hybridized carbons (Fsp3) is 0.610. The van der Waals surface area contributed by atoms with E-state index in [1.165, 1.54) is 12.8 Å². The van der Waals surface area contributed by atoms with Crippen molar-refractivity contribution < 1.29 is 37.6 Å². The van der Waals surface area contributed by atoms with Crippen LogP contribution in [-0.4, -0.2) is 43.3 Å². The minimum atomic E-state index is -4.28. The van der Waals surface area contributed by atoms with Gasteiger partial charge in [0.15, 0.2) is 6.10 Å². The van der Waals surface area contributed by atoms with E-state index < -0.39 is 32.5 Å². The van der Waals surface area contributed by atoms with E-state index >= 15 is 0 Å². The van der Waals surface area contributed by atoms with Gasteiger partial charge in [0, 0.05) is 20.0 Å². The Morgan fingerprint density at radius 1 is 0.580 bits per heavy atom. The molecule has 0 aromatic rings. The van der Waals surface area contributed by atoms with Crippen molar-refractivity contribution in [3.63, 3.8) is 0 Å². The third kappa shape index (κ3) is 35.1. The van der Waals surface area contributed by atoms with Crippen LogP contribution in [0.15, 0.2) is 85.1 Å². The first-order chi connectivity index (χ1) is 24.3. The Hall–Kier alpha value is -2.77.